The molecule has 9 heteroatoms. The molecule has 348 valence electrons. The van der Waals surface area contributed by atoms with Crippen LogP contribution in [0.15, 0.2) is 0 Å². The van der Waals surface area contributed by atoms with E-state index in [1.54, 1.807) is 0 Å². The van der Waals surface area contributed by atoms with Gasteiger partial charge in [-0.3, -0.25) is 18.6 Å². The summed E-state index contributed by atoms with van der Waals surface area (Å²) in [5.74, 6) is 23.8. The zero-order chi connectivity index (χ0) is 44.6. The molecule has 0 saturated heterocycles. The lowest BCUT2D eigenvalue weighted by Gasteiger charge is -2.20. The third-order valence-electron chi connectivity index (χ3n) is 10.3. The first-order valence-electron chi connectivity index (χ1n) is 24.7. The van der Waals surface area contributed by atoms with Gasteiger partial charge in [-0.1, -0.05) is 186 Å². The van der Waals surface area contributed by atoms with E-state index in [9.17, 15) is 19.0 Å². The Morgan fingerprint density at radius 1 is 0.443 bits per heavy atom. The molecule has 0 aliphatic rings. The van der Waals surface area contributed by atoms with Crippen molar-refractivity contribution in [3.8, 4) is 47.4 Å². The van der Waals surface area contributed by atoms with Gasteiger partial charge in [0.1, 0.15) is 6.61 Å². The summed E-state index contributed by atoms with van der Waals surface area (Å²) in [7, 11) is -4.32. The van der Waals surface area contributed by atoms with Crippen molar-refractivity contribution < 1.29 is 37.6 Å². The zero-order valence-corrected chi connectivity index (χ0v) is 40.1. The van der Waals surface area contributed by atoms with Crippen molar-refractivity contribution in [3.05, 3.63) is 0 Å². The minimum Gasteiger partial charge on any atom is -0.462 e. The van der Waals surface area contributed by atoms with Crippen LogP contribution in [0.3, 0.4) is 0 Å². The van der Waals surface area contributed by atoms with Crippen molar-refractivity contribution in [2.24, 2.45) is 0 Å². The number of carbonyl (C=O) groups is 2. The van der Waals surface area contributed by atoms with Crippen LogP contribution in [0.2, 0.25) is 0 Å². The second-order valence-electron chi connectivity index (χ2n) is 16.3. The smallest absolute Gasteiger partial charge is 0.462 e. The maximum Gasteiger partial charge on any atom is 0.472 e. The Kier molecular flexibility index (Phi) is 44.7. The molecule has 0 radical (unpaired) electrons. The molecule has 0 heterocycles. The van der Waals surface area contributed by atoms with Gasteiger partial charge in [-0.25, -0.2) is 4.57 Å². The van der Waals surface area contributed by atoms with E-state index >= 15 is 0 Å². The molecule has 0 aliphatic heterocycles. The summed E-state index contributed by atoms with van der Waals surface area (Å²) in [6.45, 7) is 5.69. The molecule has 0 saturated carbocycles. The molecule has 0 amide bonds. The molecule has 0 aromatic rings. The molecule has 0 spiro atoms. The Bertz CT molecular complexity index is 1350. The van der Waals surface area contributed by atoms with Crippen LogP contribution < -0.4 is 0 Å². The maximum atomic E-state index is 12.6. The topological polar surface area (TPSA) is 108 Å². The average molecular weight is 871 g/mol. The second kappa shape index (κ2) is 46.8. The Labute approximate surface area is 374 Å². The van der Waals surface area contributed by atoms with Crippen LogP contribution in [-0.4, -0.2) is 42.8 Å². The van der Waals surface area contributed by atoms with Crippen molar-refractivity contribution >= 4 is 19.8 Å². The van der Waals surface area contributed by atoms with Crippen molar-refractivity contribution in [2.45, 2.75) is 252 Å². The van der Waals surface area contributed by atoms with Gasteiger partial charge in [-0.2, -0.15) is 0 Å². The number of hydrogen-bond acceptors (Lipinski definition) is 7. The van der Waals surface area contributed by atoms with Gasteiger partial charge in [-0.15, -0.1) is 0 Å². The van der Waals surface area contributed by atoms with Crippen molar-refractivity contribution in [1.82, 2.24) is 0 Å². The predicted octanol–water partition coefficient (Wildman–Crippen LogP) is 14.3. The van der Waals surface area contributed by atoms with E-state index in [1.165, 1.54) is 103 Å². The number of carbonyl (C=O) groups excluding carboxylic acids is 2. The molecule has 8 nitrogen and oxygen atoms in total. The van der Waals surface area contributed by atoms with Gasteiger partial charge >= 0.3 is 19.8 Å². The highest BCUT2D eigenvalue weighted by atomic mass is 31.2. The highest BCUT2D eigenvalue weighted by molar-refractivity contribution is 7.47. The van der Waals surface area contributed by atoms with Gasteiger partial charge in [0.2, 0.25) is 0 Å². The Morgan fingerprint density at radius 3 is 1.16 bits per heavy atom. The largest absolute Gasteiger partial charge is 0.472 e. The fourth-order valence-electron chi connectivity index (χ4n) is 6.54. The van der Waals surface area contributed by atoms with Crippen molar-refractivity contribution in [1.29, 1.82) is 0 Å². The highest BCUT2D eigenvalue weighted by Gasteiger charge is 2.26. The molecule has 0 aromatic carbocycles. The van der Waals surface area contributed by atoms with E-state index < -0.39 is 32.5 Å². The van der Waals surface area contributed by atoms with Crippen LogP contribution in [0.4, 0.5) is 0 Å². The molecule has 0 rings (SSSR count). The third kappa shape index (κ3) is 46.6. The van der Waals surface area contributed by atoms with Gasteiger partial charge in [0.15, 0.2) is 6.10 Å². The van der Waals surface area contributed by atoms with Crippen LogP contribution in [0, 0.1) is 47.4 Å². The van der Waals surface area contributed by atoms with Crippen molar-refractivity contribution in [2.75, 3.05) is 19.8 Å². The normalized spacial score (nSPS) is 12.0. The lowest BCUT2D eigenvalue weighted by molar-refractivity contribution is -0.161. The first-order valence-corrected chi connectivity index (χ1v) is 26.2. The van der Waals surface area contributed by atoms with E-state index in [2.05, 4.69) is 61.2 Å². The summed E-state index contributed by atoms with van der Waals surface area (Å²) < 4.78 is 33.1. The van der Waals surface area contributed by atoms with E-state index in [0.717, 1.165) is 89.9 Å². The van der Waals surface area contributed by atoms with E-state index in [4.69, 9.17) is 18.5 Å². The van der Waals surface area contributed by atoms with Crippen LogP contribution in [0.25, 0.3) is 0 Å². The van der Waals surface area contributed by atoms with E-state index in [1.807, 2.05) is 6.92 Å². The molecule has 2 atom stereocenters. The highest BCUT2D eigenvalue weighted by Crippen LogP contribution is 2.43. The third-order valence-corrected chi connectivity index (χ3v) is 11.2. The molecular weight excluding hydrogens is 784 g/mol. The van der Waals surface area contributed by atoms with Crippen molar-refractivity contribution in [3.63, 3.8) is 0 Å². The number of ether oxygens (including phenoxy) is 2. The summed E-state index contributed by atoms with van der Waals surface area (Å²) in [4.78, 5) is 35.1. The Balaban J connectivity index is 4.17. The van der Waals surface area contributed by atoms with Gasteiger partial charge in [-0.05, 0) is 68.6 Å². The minimum atomic E-state index is -4.32. The standard InChI is InChI=1S/C52H87O8P/c1-4-7-9-11-13-15-17-19-21-23-25-27-29-31-33-35-37-39-41-43-45-51(53)57-48-50(49-59-61(55,56)58-47-6-3)60-52(54)46-44-42-40-38-36-34-32-30-28-26-24-22-20-18-16-14-12-10-8-5-2/h50H,4-22,31-49H2,1-3H3,(H,55,56)/t50-/m1/s1. The first-order chi connectivity index (χ1) is 29.8. The van der Waals surface area contributed by atoms with E-state index in [0.29, 0.717) is 19.3 Å². The zero-order valence-electron chi connectivity index (χ0n) is 39.2. The molecule has 1 unspecified atom stereocenters. The molecule has 0 fully saturated rings. The molecular formula is C52H87O8P. The summed E-state index contributed by atoms with van der Waals surface area (Å²) in [6, 6.07) is 0. The molecule has 1 N–H and O–H groups in total. The Hall–Kier alpha value is -2.71. The van der Waals surface area contributed by atoms with Crippen LogP contribution in [0.1, 0.15) is 245 Å². The van der Waals surface area contributed by atoms with E-state index in [-0.39, 0.29) is 26.1 Å². The number of unbranched alkanes of at least 4 members (excludes halogenated alkanes) is 28. The van der Waals surface area contributed by atoms with Crippen LogP contribution in [-0.2, 0) is 32.7 Å². The van der Waals surface area contributed by atoms with Gasteiger partial charge < -0.3 is 14.4 Å². The minimum absolute atomic E-state index is 0.0531. The number of phosphoric ester groups is 1. The number of rotatable bonds is 41. The van der Waals surface area contributed by atoms with Gasteiger partial charge in [0.05, 0.1) is 13.2 Å². The van der Waals surface area contributed by atoms with Gasteiger partial charge in [0.25, 0.3) is 0 Å². The number of phosphoric acid groups is 1. The molecule has 0 aromatic heterocycles. The van der Waals surface area contributed by atoms with Crippen LogP contribution in [0.5, 0.6) is 0 Å². The lowest BCUT2D eigenvalue weighted by atomic mass is 10.1. The summed E-state index contributed by atoms with van der Waals surface area (Å²) >= 11 is 0. The van der Waals surface area contributed by atoms with Gasteiger partial charge in [0, 0.05) is 38.5 Å². The molecule has 0 aliphatic carbocycles. The fourth-order valence-corrected chi connectivity index (χ4v) is 7.38. The monoisotopic (exact) mass is 871 g/mol. The SMILES string of the molecule is CCCCCCCCCCC#CC#CCCCCCCCCC(=O)OC[C@H](COP(=O)(O)OCCC)OC(=O)CCCCCCCCC#CC#CCCCCCCCCCC. The maximum absolute atomic E-state index is 12.6. The average Bonchev–Trinajstić information content (AvgIpc) is 3.25. The lowest BCUT2D eigenvalue weighted by Crippen LogP contribution is -2.29. The second-order valence-corrected chi connectivity index (χ2v) is 17.7. The summed E-state index contributed by atoms with van der Waals surface area (Å²) in [5, 5.41) is 0. The summed E-state index contributed by atoms with van der Waals surface area (Å²) in [5.41, 5.74) is 0. The fraction of sp³-hybridized carbons (Fsp3) is 0.808. The molecule has 61 heavy (non-hydrogen) atoms. The van der Waals surface area contributed by atoms with Crippen LogP contribution >= 0.6 is 7.82 Å². The predicted molar refractivity (Wildman–Crippen MR) is 252 cm³/mol. The summed E-state index contributed by atoms with van der Waals surface area (Å²) in [6.07, 6.45) is 36.2. The number of esters is 2. The first kappa shape index (κ1) is 58.3. The Morgan fingerprint density at radius 2 is 0.787 bits per heavy atom. The molecule has 0 bridgehead atoms. The quantitative estimate of drug-likeness (QED) is 0.0280. The number of hydrogen-bond donors (Lipinski definition) is 1.